The summed E-state index contributed by atoms with van der Waals surface area (Å²) < 4.78 is 10.9. The summed E-state index contributed by atoms with van der Waals surface area (Å²) in [5.41, 5.74) is 3.21. The minimum atomic E-state index is -0.0237. The summed E-state index contributed by atoms with van der Waals surface area (Å²) >= 11 is 0. The van der Waals surface area contributed by atoms with Gasteiger partial charge in [0.05, 0.1) is 12.7 Å². The smallest absolute Gasteiger partial charge is 0.291 e. The Hall–Kier alpha value is -1.77. The zero-order valence-corrected chi connectivity index (χ0v) is 14.2. The summed E-state index contributed by atoms with van der Waals surface area (Å²) in [6, 6.07) is 0. The Labute approximate surface area is 127 Å². The third-order valence-corrected chi connectivity index (χ3v) is 3.70. The summed E-state index contributed by atoms with van der Waals surface area (Å²) in [5, 5.41) is 0. The van der Waals surface area contributed by atoms with E-state index in [1.165, 1.54) is 12.7 Å². The monoisotopic (exact) mass is 290 g/mol. The van der Waals surface area contributed by atoms with Gasteiger partial charge < -0.3 is 9.15 Å². The molecule has 0 amide bonds. The van der Waals surface area contributed by atoms with Gasteiger partial charge in [-0.15, -0.1) is 0 Å². The maximum absolute atomic E-state index is 12.2. The molecule has 1 aromatic rings. The van der Waals surface area contributed by atoms with Crippen LogP contribution in [0.2, 0.25) is 0 Å². The Balaban J connectivity index is 3.31. The second-order valence-corrected chi connectivity index (χ2v) is 5.63. The molecule has 0 aromatic carbocycles. The molecule has 0 spiro atoms. The number of rotatable bonds is 5. The van der Waals surface area contributed by atoms with Crippen LogP contribution in [0.3, 0.4) is 0 Å². The molecule has 0 unspecified atom stereocenters. The van der Waals surface area contributed by atoms with Crippen molar-refractivity contribution in [1.82, 2.24) is 0 Å². The van der Waals surface area contributed by atoms with Gasteiger partial charge in [-0.3, -0.25) is 4.79 Å². The zero-order valence-electron chi connectivity index (χ0n) is 14.2. The van der Waals surface area contributed by atoms with E-state index in [0.29, 0.717) is 22.8 Å². The maximum atomic E-state index is 12.2. The highest BCUT2D eigenvalue weighted by Crippen LogP contribution is 2.25. The van der Waals surface area contributed by atoms with Gasteiger partial charge in [0.25, 0.3) is 5.95 Å². The molecular weight excluding hydrogens is 264 g/mol. The van der Waals surface area contributed by atoms with E-state index in [1.54, 1.807) is 13.8 Å². The molecule has 0 aliphatic carbocycles. The first kappa shape index (κ1) is 17.3. The van der Waals surface area contributed by atoms with Gasteiger partial charge in [-0.25, -0.2) is 0 Å². The fourth-order valence-corrected chi connectivity index (χ4v) is 2.32. The van der Waals surface area contributed by atoms with Crippen LogP contribution in [0.25, 0.3) is 5.57 Å². The Kier molecular flexibility index (Phi) is 6.01. The van der Waals surface area contributed by atoms with Crippen molar-refractivity contribution >= 4 is 5.57 Å². The standard InChI is InChI=1S/C18H26O3/c1-8-11(2)9-12(3)10-13(4)17-14(5)16(19)15(6)18(20-7)21-17/h9-11H,8H2,1-7H3/b12-9+,13-10-/t11-/m0/s1. The lowest BCUT2D eigenvalue weighted by molar-refractivity contribution is 0.288. The molecule has 0 saturated carbocycles. The van der Waals surface area contributed by atoms with Crippen molar-refractivity contribution < 1.29 is 9.15 Å². The second kappa shape index (κ2) is 7.30. The van der Waals surface area contributed by atoms with E-state index in [-0.39, 0.29) is 11.4 Å². The molecule has 3 nitrogen and oxygen atoms in total. The molecule has 0 fully saturated rings. The summed E-state index contributed by atoms with van der Waals surface area (Å²) in [7, 11) is 1.51. The van der Waals surface area contributed by atoms with Crippen LogP contribution in [0.1, 0.15) is 51.0 Å². The Morgan fingerprint density at radius 1 is 1.29 bits per heavy atom. The third kappa shape index (κ3) is 4.10. The molecule has 0 saturated heterocycles. The van der Waals surface area contributed by atoms with Crippen molar-refractivity contribution in [2.24, 2.45) is 5.92 Å². The molecule has 116 valence electrons. The molecule has 0 bridgehead atoms. The SMILES string of the molecule is CC[C@H](C)/C=C(C)/C=C(/C)c1oc(OC)c(C)c(=O)c1C. The predicted molar refractivity (Wildman–Crippen MR) is 87.9 cm³/mol. The van der Waals surface area contributed by atoms with E-state index in [2.05, 4.69) is 26.8 Å². The molecule has 1 heterocycles. The molecule has 3 heteroatoms. The largest absolute Gasteiger partial charge is 0.468 e. The Morgan fingerprint density at radius 2 is 1.90 bits per heavy atom. The van der Waals surface area contributed by atoms with Crippen LogP contribution in [0.4, 0.5) is 0 Å². The minimum absolute atomic E-state index is 0.0237. The van der Waals surface area contributed by atoms with E-state index in [0.717, 1.165) is 12.0 Å². The van der Waals surface area contributed by atoms with Crippen LogP contribution < -0.4 is 10.2 Å². The van der Waals surface area contributed by atoms with E-state index in [1.807, 2.05) is 13.0 Å². The van der Waals surface area contributed by atoms with Gasteiger partial charge >= 0.3 is 0 Å². The molecule has 1 atom stereocenters. The predicted octanol–water partition coefficient (Wildman–Crippen LogP) is 4.66. The first-order valence-electron chi connectivity index (χ1n) is 7.37. The first-order valence-corrected chi connectivity index (χ1v) is 7.37. The molecule has 21 heavy (non-hydrogen) atoms. The lowest BCUT2D eigenvalue weighted by atomic mass is 10.0. The van der Waals surface area contributed by atoms with Crippen molar-refractivity contribution in [2.75, 3.05) is 7.11 Å². The number of ether oxygens (including phenoxy) is 1. The Morgan fingerprint density at radius 3 is 2.43 bits per heavy atom. The van der Waals surface area contributed by atoms with Crippen LogP contribution in [0.5, 0.6) is 5.95 Å². The number of hydrogen-bond acceptors (Lipinski definition) is 3. The van der Waals surface area contributed by atoms with Gasteiger partial charge in [-0.2, -0.15) is 0 Å². The van der Waals surface area contributed by atoms with Crippen molar-refractivity contribution in [3.8, 4) is 5.95 Å². The van der Waals surface area contributed by atoms with Gasteiger partial charge in [-0.1, -0.05) is 38.0 Å². The maximum Gasteiger partial charge on any atom is 0.291 e. The fraction of sp³-hybridized carbons (Fsp3) is 0.500. The second-order valence-electron chi connectivity index (χ2n) is 5.63. The Bertz CT molecular complexity index is 618. The molecule has 1 rings (SSSR count). The minimum Gasteiger partial charge on any atom is -0.468 e. The molecule has 0 N–H and O–H groups in total. The van der Waals surface area contributed by atoms with Crippen LogP contribution >= 0.6 is 0 Å². The zero-order chi connectivity index (χ0) is 16.2. The van der Waals surface area contributed by atoms with E-state index in [4.69, 9.17) is 9.15 Å². The van der Waals surface area contributed by atoms with Crippen LogP contribution in [-0.2, 0) is 0 Å². The van der Waals surface area contributed by atoms with Crippen molar-refractivity contribution in [2.45, 2.75) is 48.0 Å². The normalized spacial score (nSPS) is 14.2. The lowest BCUT2D eigenvalue weighted by Gasteiger charge is -2.10. The van der Waals surface area contributed by atoms with Crippen LogP contribution in [-0.4, -0.2) is 7.11 Å². The van der Waals surface area contributed by atoms with E-state index in [9.17, 15) is 4.79 Å². The van der Waals surface area contributed by atoms with Crippen LogP contribution in [0, 0.1) is 19.8 Å². The summed E-state index contributed by atoms with van der Waals surface area (Å²) in [6.45, 7) is 11.9. The van der Waals surface area contributed by atoms with Crippen LogP contribution in [0.15, 0.2) is 26.9 Å². The molecule has 0 radical (unpaired) electrons. The fourth-order valence-electron chi connectivity index (χ4n) is 2.32. The highest BCUT2D eigenvalue weighted by molar-refractivity contribution is 5.65. The van der Waals surface area contributed by atoms with Gasteiger partial charge in [0.1, 0.15) is 5.76 Å². The number of allylic oxidation sites excluding steroid dienone is 4. The summed E-state index contributed by atoms with van der Waals surface area (Å²) in [4.78, 5) is 12.2. The molecule has 0 aliphatic heterocycles. The third-order valence-electron chi connectivity index (χ3n) is 3.70. The van der Waals surface area contributed by atoms with Gasteiger partial charge in [-0.05, 0) is 39.2 Å². The summed E-state index contributed by atoms with van der Waals surface area (Å²) in [6.07, 6.45) is 5.38. The van der Waals surface area contributed by atoms with Gasteiger partial charge in [0.2, 0.25) is 0 Å². The molecule has 0 aliphatic rings. The molecular formula is C18H26O3. The van der Waals surface area contributed by atoms with Gasteiger partial charge in [0.15, 0.2) is 5.43 Å². The molecule has 1 aromatic heterocycles. The van der Waals surface area contributed by atoms with E-state index >= 15 is 0 Å². The van der Waals surface area contributed by atoms with Crippen molar-refractivity contribution in [3.05, 3.63) is 44.8 Å². The van der Waals surface area contributed by atoms with Crippen molar-refractivity contribution in [3.63, 3.8) is 0 Å². The first-order chi connectivity index (χ1) is 9.81. The highest BCUT2D eigenvalue weighted by Gasteiger charge is 2.15. The summed E-state index contributed by atoms with van der Waals surface area (Å²) in [5.74, 6) is 1.42. The average molecular weight is 290 g/mol. The topological polar surface area (TPSA) is 39.4 Å². The van der Waals surface area contributed by atoms with E-state index < -0.39 is 0 Å². The quantitative estimate of drug-likeness (QED) is 0.740. The average Bonchev–Trinajstić information content (AvgIpc) is 2.44. The highest BCUT2D eigenvalue weighted by atomic mass is 16.6. The van der Waals surface area contributed by atoms with Crippen molar-refractivity contribution in [1.29, 1.82) is 0 Å². The number of hydrogen-bond donors (Lipinski definition) is 0. The van der Waals surface area contributed by atoms with Gasteiger partial charge in [0, 0.05) is 5.56 Å². The number of methoxy groups -OCH3 is 1. The lowest BCUT2D eigenvalue weighted by Crippen LogP contribution is -2.12.